The quantitative estimate of drug-likeness (QED) is 0.571. The predicted octanol–water partition coefficient (Wildman–Crippen LogP) is 0.0190. The van der Waals surface area contributed by atoms with E-state index < -0.39 is 23.5 Å². The van der Waals surface area contributed by atoms with Crippen molar-refractivity contribution in [1.82, 2.24) is 0 Å². The van der Waals surface area contributed by atoms with E-state index in [1.807, 2.05) is 0 Å². The maximum Gasteiger partial charge on any atom is 0.327 e. The minimum absolute atomic E-state index is 0.0943. The monoisotopic (exact) mass is 269 g/mol. The Labute approximate surface area is 111 Å². The van der Waals surface area contributed by atoms with E-state index in [1.54, 1.807) is 12.9 Å². The van der Waals surface area contributed by atoms with Crippen molar-refractivity contribution in [3.05, 3.63) is 5.57 Å². The molecule has 1 aliphatic rings. The second kappa shape index (κ2) is 6.10. The summed E-state index contributed by atoms with van der Waals surface area (Å²) in [5.74, 6) is -0.352. The summed E-state index contributed by atoms with van der Waals surface area (Å²) in [6.07, 6.45) is 0.0671. The van der Waals surface area contributed by atoms with Crippen LogP contribution in [0.4, 0.5) is 0 Å². The van der Waals surface area contributed by atoms with Gasteiger partial charge in [-0.25, -0.2) is 4.79 Å². The molecule has 6 heteroatoms. The molecule has 0 radical (unpaired) electrons. The first-order valence-electron chi connectivity index (χ1n) is 6.16. The highest BCUT2D eigenvalue weighted by Gasteiger charge is 2.53. The van der Waals surface area contributed by atoms with Crippen LogP contribution >= 0.6 is 0 Å². The zero-order chi connectivity index (χ0) is 14.6. The molecular weight excluding hydrogens is 250 g/mol. The number of ether oxygens (including phenoxy) is 2. The predicted molar refractivity (Wildman–Crippen MR) is 67.0 cm³/mol. The lowest BCUT2D eigenvalue weighted by Crippen LogP contribution is -2.61. The minimum Gasteiger partial charge on any atom is -0.465 e. The molecule has 106 valence electrons. The van der Waals surface area contributed by atoms with Crippen LogP contribution in [0.2, 0.25) is 0 Å². The van der Waals surface area contributed by atoms with E-state index in [4.69, 9.17) is 15.2 Å². The van der Waals surface area contributed by atoms with E-state index in [0.717, 1.165) is 0 Å². The highest BCUT2D eigenvalue weighted by atomic mass is 16.5. The molecule has 0 aromatic rings. The summed E-state index contributed by atoms with van der Waals surface area (Å²) in [5, 5.41) is 0. The number of rotatable bonds is 4. The van der Waals surface area contributed by atoms with Crippen molar-refractivity contribution in [1.29, 1.82) is 0 Å². The Morgan fingerprint density at radius 2 is 2.16 bits per heavy atom. The highest BCUT2D eigenvalue weighted by molar-refractivity contribution is 5.95. The Bertz CT molecular complexity index is 427. The molecule has 2 N–H and O–H groups in total. The summed E-state index contributed by atoms with van der Waals surface area (Å²) in [6.45, 7) is 3.11. The third kappa shape index (κ3) is 2.76. The summed E-state index contributed by atoms with van der Waals surface area (Å²) < 4.78 is 10.1. The average molecular weight is 269 g/mol. The van der Waals surface area contributed by atoms with Gasteiger partial charge in [0.2, 0.25) is 0 Å². The van der Waals surface area contributed by atoms with Crippen LogP contribution in [0.3, 0.4) is 0 Å². The maximum atomic E-state index is 12.0. The molecule has 3 unspecified atom stereocenters. The molecule has 0 aliphatic heterocycles. The van der Waals surface area contributed by atoms with Gasteiger partial charge < -0.3 is 15.2 Å². The summed E-state index contributed by atoms with van der Waals surface area (Å²) in [5.41, 5.74) is 4.65. The van der Waals surface area contributed by atoms with Gasteiger partial charge in [0.1, 0.15) is 17.3 Å². The molecule has 0 bridgehead atoms. The largest absolute Gasteiger partial charge is 0.465 e. The van der Waals surface area contributed by atoms with Crippen LogP contribution in [0, 0.1) is 5.92 Å². The van der Waals surface area contributed by atoms with Gasteiger partial charge in [-0.05, 0) is 26.7 Å². The maximum absolute atomic E-state index is 12.0. The Kier molecular flexibility index (Phi) is 5.00. The Morgan fingerprint density at radius 1 is 1.53 bits per heavy atom. The van der Waals surface area contributed by atoms with Crippen LogP contribution in [0.1, 0.15) is 26.7 Å². The highest BCUT2D eigenvalue weighted by Crippen LogP contribution is 2.37. The normalized spacial score (nSPS) is 30.6. The Morgan fingerprint density at radius 3 is 2.58 bits per heavy atom. The van der Waals surface area contributed by atoms with Crippen LogP contribution < -0.4 is 5.73 Å². The van der Waals surface area contributed by atoms with Crippen LogP contribution in [0.25, 0.3) is 0 Å². The van der Waals surface area contributed by atoms with Gasteiger partial charge in [-0.1, -0.05) is 0 Å². The fraction of sp³-hybridized carbons (Fsp3) is 0.692. The molecule has 3 atom stereocenters. The zero-order valence-corrected chi connectivity index (χ0v) is 11.4. The Balaban J connectivity index is 3.23. The number of hydrogen-bond donors (Lipinski definition) is 1. The SMILES string of the molecule is CCOC(=O)C1(N)CCC(OC)C(=C=O)C1C(C)=O. The lowest BCUT2D eigenvalue weighted by atomic mass is 9.68. The molecule has 0 aromatic carbocycles. The van der Waals surface area contributed by atoms with E-state index in [9.17, 15) is 14.4 Å². The summed E-state index contributed by atoms with van der Waals surface area (Å²) in [4.78, 5) is 34.9. The zero-order valence-electron chi connectivity index (χ0n) is 11.4. The number of carbonyl (C=O) groups is 2. The number of nitrogens with two attached hydrogens (primary N) is 1. The van der Waals surface area contributed by atoms with Gasteiger partial charge in [-0.2, -0.15) is 0 Å². The van der Waals surface area contributed by atoms with Crippen molar-refractivity contribution in [2.24, 2.45) is 11.7 Å². The van der Waals surface area contributed by atoms with Gasteiger partial charge in [0, 0.05) is 7.11 Å². The number of Topliss-reactive ketones (excluding diaryl/α,β-unsaturated/α-hetero) is 1. The van der Waals surface area contributed by atoms with Crippen LogP contribution in [-0.4, -0.2) is 43.1 Å². The molecular formula is C13H19NO5. The van der Waals surface area contributed by atoms with E-state index in [1.165, 1.54) is 14.0 Å². The summed E-state index contributed by atoms with van der Waals surface area (Å²) >= 11 is 0. The minimum atomic E-state index is -1.51. The number of carbonyl (C=O) groups excluding carboxylic acids is 3. The molecule has 0 aromatic heterocycles. The van der Waals surface area contributed by atoms with Crippen LogP contribution in [-0.2, 0) is 23.9 Å². The van der Waals surface area contributed by atoms with Gasteiger partial charge in [0.25, 0.3) is 0 Å². The van der Waals surface area contributed by atoms with Crippen molar-refractivity contribution >= 4 is 17.7 Å². The van der Waals surface area contributed by atoms with Crippen molar-refractivity contribution in [2.75, 3.05) is 13.7 Å². The Hall–Kier alpha value is -1.49. The van der Waals surface area contributed by atoms with E-state index in [2.05, 4.69) is 0 Å². The molecule has 1 fully saturated rings. The van der Waals surface area contributed by atoms with Crippen LogP contribution in [0.5, 0.6) is 0 Å². The fourth-order valence-electron chi connectivity index (χ4n) is 2.57. The number of hydrogen-bond acceptors (Lipinski definition) is 6. The fourth-order valence-corrected chi connectivity index (χ4v) is 2.57. The molecule has 0 amide bonds. The van der Waals surface area contributed by atoms with Gasteiger partial charge in [-0.3, -0.25) is 9.59 Å². The standard InChI is InChI=1S/C13H19NO5/c1-4-19-12(17)13(14)6-5-10(18-3)9(7-15)11(13)8(2)16/h10-11H,4-6,14H2,1-3H3. The third-order valence-electron chi connectivity index (χ3n) is 3.46. The first-order chi connectivity index (χ1) is 8.92. The molecule has 0 heterocycles. The molecule has 0 spiro atoms. The molecule has 1 aliphatic carbocycles. The van der Waals surface area contributed by atoms with Gasteiger partial charge in [-0.15, -0.1) is 0 Å². The van der Waals surface area contributed by atoms with Gasteiger partial charge >= 0.3 is 5.97 Å². The third-order valence-corrected chi connectivity index (χ3v) is 3.46. The smallest absolute Gasteiger partial charge is 0.327 e. The van der Waals surface area contributed by atoms with E-state index in [-0.39, 0.29) is 24.4 Å². The van der Waals surface area contributed by atoms with E-state index >= 15 is 0 Å². The number of ketones is 1. The molecule has 19 heavy (non-hydrogen) atoms. The van der Waals surface area contributed by atoms with Crippen LogP contribution in [0.15, 0.2) is 5.57 Å². The van der Waals surface area contributed by atoms with Crippen molar-refractivity contribution in [2.45, 2.75) is 38.3 Å². The molecule has 0 saturated heterocycles. The summed E-state index contributed by atoms with van der Waals surface area (Å²) in [7, 11) is 1.44. The lowest BCUT2D eigenvalue weighted by Gasteiger charge is -2.40. The van der Waals surface area contributed by atoms with Gasteiger partial charge in [0.15, 0.2) is 0 Å². The topological polar surface area (TPSA) is 95.7 Å². The number of esters is 1. The first-order valence-corrected chi connectivity index (χ1v) is 6.16. The van der Waals surface area contributed by atoms with Gasteiger partial charge in [0.05, 0.1) is 24.2 Å². The van der Waals surface area contributed by atoms with Crippen molar-refractivity contribution in [3.63, 3.8) is 0 Å². The second-order valence-electron chi connectivity index (χ2n) is 4.62. The second-order valence-corrected chi connectivity index (χ2v) is 4.62. The number of methoxy groups -OCH3 is 1. The molecule has 6 nitrogen and oxygen atoms in total. The van der Waals surface area contributed by atoms with Crippen molar-refractivity contribution in [3.8, 4) is 0 Å². The molecule has 1 saturated carbocycles. The summed E-state index contributed by atoms with van der Waals surface area (Å²) in [6, 6.07) is 0. The lowest BCUT2D eigenvalue weighted by molar-refractivity contribution is -0.155. The first kappa shape index (κ1) is 15.6. The molecule has 1 rings (SSSR count). The van der Waals surface area contributed by atoms with E-state index in [0.29, 0.717) is 6.42 Å². The average Bonchev–Trinajstić information content (AvgIpc) is 2.37. The van der Waals surface area contributed by atoms with Crippen molar-refractivity contribution < 1.29 is 23.9 Å².